The fraction of sp³-hybridized carbons (Fsp3) is 0.250. The molecule has 0 unspecified atom stereocenters. The first kappa shape index (κ1) is 11.2. The van der Waals surface area contributed by atoms with E-state index in [1.54, 1.807) is 0 Å². The van der Waals surface area contributed by atoms with Crippen LogP contribution < -0.4 is 5.73 Å². The molecule has 14 heavy (non-hydrogen) atoms. The van der Waals surface area contributed by atoms with Gasteiger partial charge in [0, 0.05) is 17.7 Å². The second-order valence-electron chi connectivity index (χ2n) is 2.52. The molecule has 6 heteroatoms. The number of halogens is 3. The zero-order chi connectivity index (χ0) is 10.7. The first-order valence-electron chi connectivity index (χ1n) is 3.72. The molecule has 0 aliphatic rings. The average molecular weight is 265 g/mol. The van der Waals surface area contributed by atoms with Crippen LogP contribution >= 0.6 is 15.9 Å². The summed E-state index contributed by atoms with van der Waals surface area (Å²) in [5.41, 5.74) is 5.07. The van der Waals surface area contributed by atoms with E-state index in [-0.39, 0.29) is 22.3 Å². The van der Waals surface area contributed by atoms with Gasteiger partial charge in [0.15, 0.2) is 6.29 Å². The first-order chi connectivity index (χ1) is 6.60. The molecule has 1 aromatic heterocycles. The molecule has 0 bridgehead atoms. The Morgan fingerprint density at radius 3 is 2.71 bits per heavy atom. The van der Waals surface area contributed by atoms with Gasteiger partial charge in [-0.25, -0.2) is 13.8 Å². The quantitative estimate of drug-likeness (QED) is 0.672. The average Bonchev–Trinajstić information content (AvgIpc) is 2.16. The summed E-state index contributed by atoms with van der Waals surface area (Å²) in [7, 11) is 0. The zero-order valence-electron chi connectivity index (χ0n) is 7.01. The Morgan fingerprint density at radius 2 is 2.29 bits per heavy atom. The number of alkyl halides is 2. The number of nitrogens with zero attached hydrogens (tertiary/aromatic N) is 1. The fourth-order valence-electron chi connectivity index (χ4n) is 1.09. The largest absolute Gasteiger partial charge is 0.326 e. The van der Waals surface area contributed by atoms with Crippen LogP contribution in [0.5, 0.6) is 0 Å². The molecule has 3 nitrogen and oxygen atoms in total. The third-order valence-electron chi connectivity index (χ3n) is 1.70. The summed E-state index contributed by atoms with van der Waals surface area (Å²) in [4.78, 5) is 14.1. The Kier molecular flexibility index (Phi) is 3.65. The Morgan fingerprint density at radius 1 is 1.64 bits per heavy atom. The maximum Gasteiger partial charge on any atom is 0.280 e. The van der Waals surface area contributed by atoms with Crippen LogP contribution in [0.4, 0.5) is 8.78 Å². The van der Waals surface area contributed by atoms with Crippen molar-refractivity contribution < 1.29 is 13.6 Å². The highest BCUT2D eigenvalue weighted by atomic mass is 79.9. The van der Waals surface area contributed by atoms with E-state index in [2.05, 4.69) is 20.9 Å². The van der Waals surface area contributed by atoms with Crippen molar-refractivity contribution in [2.24, 2.45) is 5.73 Å². The van der Waals surface area contributed by atoms with Gasteiger partial charge in [-0.2, -0.15) is 0 Å². The Bertz CT molecular complexity index is 357. The number of pyridine rings is 1. The third-order valence-corrected chi connectivity index (χ3v) is 2.10. The van der Waals surface area contributed by atoms with Crippen LogP contribution in [0.25, 0.3) is 0 Å². The highest BCUT2D eigenvalue weighted by molar-refractivity contribution is 9.10. The number of hydrogen-bond donors (Lipinski definition) is 1. The smallest absolute Gasteiger partial charge is 0.280 e. The predicted octanol–water partition coefficient (Wildman–Crippen LogP) is 2.05. The van der Waals surface area contributed by atoms with Gasteiger partial charge in [-0.1, -0.05) is 0 Å². The van der Waals surface area contributed by atoms with Gasteiger partial charge in [-0.15, -0.1) is 0 Å². The summed E-state index contributed by atoms with van der Waals surface area (Å²) in [6.07, 6.45) is -2.25. The van der Waals surface area contributed by atoms with Gasteiger partial charge in [0.2, 0.25) is 0 Å². The molecular weight excluding hydrogens is 258 g/mol. The molecular formula is C8H7BrF2N2O. The van der Waals surface area contributed by atoms with Crippen molar-refractivity contribution in [2.75, 3.05) is 0 Å². The molecule has 0 aliphatic carbocycles. The molecule has 1 aromatic rings. The van der Waals surface area contributed by atoms with Crippen LogP contribution in [-0.4, -0.2) is 11.3 Å². The molecule has 76 valence electrons. The molecule has 0 aromatic carbocycles. The van der Waals surface area contributed by atoms with E-state index in [1.807, 2.05) is 0 Å². The number of carbonyl (C=O) groups is 1. The van der Waals surface area contributed by atoms with Crippen molar-refractivity contribution in [3.05, 3.63) is 27.5 Å². The summed E-state index contributed by atoms with van der Waals surface area (Å²) in [6.45, 7) is -0.131. The van der Waals surface area contributed by atoms with Crippen LogP contribution in [0.3, 0.4) is 0 Å². The lowest BCUT2D eigenvalue weighted by atomic mass is 10.1. The van der Waals surface area contributed by atoms with Gasteiger partial charge >= 0.3 is 0 Å². The van der Waals surface area contributed by atoms with E-state index >= 15 is 0 Å². The third kappa shape index (κ3) is 2.13. The minimum atomic E-state index is -2.73. The number of carbonyl (C=O) groups excluding carboxylic acids is 1. The van der Waals surface area contributed by atoms with E-state index in [1.165, 1.54) is 6.07 Å². The summed E-state index contributed by atoms with van der Waals surface area (Å²) in [5.74, 6) is 0. The molecule has 1 heterocycles. The van der Waals surface area contributed by atoms with Gasteiger partial charge in [0.1, 0.15) is 10.3 Å². The van der Waals surface area contributed by atoms with Crippen molar-refractivity contribution in [3.8, 4) is 0 Å². The monoisotopic (exact) mass is 264 g/mol. The van der Waals surface area contributed by atoms with Crippen molar-refractivity contribution in [1.82, 2.24) is 4.98 Å². The van der Waals surface area contributed by atoms with Crippen molar-refractivity contribution in [1.29, 1.82) is 0 Å². The molecule has 0 spiro atoms. The maximum absolute atomic E-state index is 12.5. The lowest BCUT2D eigenvalue weighted by molar-refractivity contribution is 0.112. The van der Waals surface area contributed by atoms with Crippen LogP contribution in [0.2, 0.25) is 0 Å². The number of aromatic nitrogens is 1. The highest BCUT2D eigenvalue weighted by Crippen LogP contribution is 2.25. The van der Waals surface area contributed by atoms with Gasteiger partial charge in [0.05, 0.1) is 0 Å². The maximum atomic E-state index is 12.5. The minimum Gasteiger partial charge on any atom is -0.326 e. The molecule has 0 aliphatic heterocycles. The molecule has 0 amide bonds. The van der Waals surface area contributed by atoms with Gasteiger partial charge in [-0.05, 0) is 22.0 Å². The lowest BCUT2D eigenvalue weighted by Crippen LogP contribution is -2.08. The van der Waals surface area contributed by atoms with Gasteiger partial charge in [0.25, 0.3) is 6.43 Å². The zero-order valence-corrected chi connectivity index (χ0v) is 8.59. The van der Waals surface area contributed by atoms with E-state index in [0.29, 0.717) is 6.29 Å². The van der Waals surface area contributed by atoms with Crippen molar-refractivity contribution >= 4 is 22.2 Å². The van der Waals surface area contributed by atoms with Crippen LogP contribution in [-0.2, 0) is 6.54 Å². The Hall–Kier alpha value is -0.880. The van der Waals surface area contributed by atoms with Crippen molar-refractivity contribution in [3.63, 3.8) is 0 Å². The molecule has 0 saturated carbocycles. The number of hydrogen-bond acceptors (Lipinski definition) is 3. The summed E-state index contributed by atoms with van der Waals surface area (Å²) in [6, 6.07) is 1.36. The SMILES string of the molecule is NCc1c(C=O)cc(Br)nc1C(F)F. The lowest BCUT2D eigenvalue weighted by Gasteiger charge is -2.08. The molecule has 0 atom stereocenters. The number of aldehydes is 1. The Balaban J connectivity index is 3.39. The summed E-state index contributed by atoms with van der Waals surface area (Å²) >= 11 is 2.94. The topological polar surface area (TPSA) is 56.0 Å². The Labute approximate surface area is 87.4 Å². The molecule has 0 radical (unpaired) electrons. The number of rotatable bonds is 3. The van der Waals surface area contributed by atoms with E-state index in [0.717, 1.165) is 0 Å². The van der Waals surface area contributed by atoms with E-state index in [4.69, 9.17) is 5.73 Å². The summed E-state index contributed by atoms with van der Waals surface area (Å²) < 4.78 is 25.1. The second kappa shape index (κ2) is 4.56. The standard InChI is InChI=1S/C8H7BrF2N2O/c9-6-1-4(3-14)5(2-12)7(13-6)8(10)11/h1,3,8H,2,12H2. The summed E-state index contributed by atoms with van der Waals surface area (Å²) in [5, 5.41) is 0. The van der Waals surface area contributed by atoms with Crippen LogP contribution in [0.1, 0.15) is 28.0 Å². The van der Waals surface area contributed by atoms with Crippen LogP contribution in [0, 0.1) is 0 Å². The minimum absolute atomic E-state index is 0.0956. The predicted molar refractivity (Wildman–Crippen MR) is 50.2 cm³/mol. The first-order valence-corrected chi connectivity index (χ1v) is 4.52. The second-order valence-corrected chi connectivity index (χ2v) is 3.33. The molecule has 0 saturated heterocycles. The highest BCUT2D eigenvalue weighted by Gasteiger charge is 2.17. The van der Waals surface area contributed by atoms with Gasteiger partial charge < -0.3 is 5.73 Å². The molecule has 1 rings (SSSR count). The van der Waals surface area contributed by atoms with Crippen LogP contribution in [0.15, 0.2) is 10.7 Å². The number of nitrogens with two attached hydrogens (primary N) is 1. The molecule has 0 fully saturated rings. The van der Waals surface area contributed by atoms with E-state index < -0.39 is 12.1 Å². The fourth-order valence-corrected chi connectivity index (χ4v) is 1.52. The van der Waals surface area contributed by atoms with Gasteiger partial charge in [-0.3, -0.25) is 4.79 Å². The molecule has 2 N–H and O–H groups in total. The van der Waals surface area contributed by atoms with Crippen molar-refractivity contribution in [2.45, 2.75) is 13.0 Å². The normalized spacial score (nSPS) is 10.6. The van der Waals surface area contributed by atoms with E-state index in [9.17, 15) is 13.6 Å².